The van der Waals surface area contributed by atoms with Gasteiger partial charge in [-0.2, -0.15) is 18.2 Å². The third-order valence-electron chi connectivity index (χ3n) is 2.53. The molecule has 0 atom stereocenters. The standard InChI is InChI=1S/C12H8F4N2O2/c1-6-2-3-7(4-8(6)13)11-17-10(20-18-11)5-9(19)12(14,15)16/h2-4H,5H2,1H3. The highest BCUT2D eigenvalue weighted by Gasteiger charge is 2.39. The molecule has 0 radical (unpaired) electrons. The molecule has 0 saturated heterocycles. The lowest BCUT2D eigenvalue weighted by Crippen LogP contribution is -2.24. The fraction of sp³-hybridized carbons (Fsp3) is 0.250. The summed E-state index contributed by atoms with van der Waals surface area (Å²) in [5.41, 5.74) is 0.660. The van der Waals surface area contributed by atoms with Crippen LogP contribution in [0.15, 0.2) is 22.7 Å². The zero-order valence-electron chi connectivity index (χ0n) is 10.2. The molecule has 0 N–H and O–H groups in total. The highest BCUT2D eigenvalue weighted by atomic mass is 19.4. The van der Waals surface area contributed by atoms with Crippen LogP contribution in [0, 0.1) is 12.7 Å². The van der Waals surface area contributed by atoms with Crippen LogP contribution < -0.4 is 0 Å². The summed E-state index contributed by atoms with van der Waals surface area (Å²) in [6.45, 7) is 1.56. The first kappa shape index (κ1) is 14.2. The number of aryl methyl sites for hydroxylation is 1. The molecule has 0 spiro atoms. The van der Waals surface area contributed by atoms with E-state index in [2.05, 4.69) is 14.7 Å². The minimum absolute atomic E-state index is 0.0751. The van der Waals surface area contributed by atoms with Crippen molar-refractivity contribution in [2.75, 3.05) is 0 Å². The lowest BCUT2D eigenvalue weighted by molar-refractivity contribution is -0.170. The Morgan fingerprint density at radius 2 is 2.05 bits per heavy atom. The normalized spacial score (nSPS) is 11.7. The smallest absolute Gasteiger partial charge is 0.338 e. The van der Waals surface area contributed by atoms with E-state index in [0.29, 0.717) is 5.56 Å². The maximum absolute atomic E-state index is 13.3. The number of rotatable bonds is 3. The van der Waals surface area contributed by atoms with Crippen molar-refractivity contribution >= 4 is 5.78 Å². The van der Waals surface area contributed by atoms with Crippen LogP contribution in [0.2, 0.25) is 0 Å². The van der Waals surface area contributed by atoms with Crippen molar-refractivity contribution in [3.63, 3.8) is 0 Å². The zero-order chi connectivity index (χ0) is 14.9. The fourth-order valence-corrected chi connectivity index (χ4v) is 1.41. The molecule has 0 fully saturated rings. The number of hydrogen-bond donors (Lipinski definition) is 0. The molecular formula is C12H8F4N2O2. The van der Waals surface area contributed by atoms with Gasteiger partial charge in [0.25, 0.3) is 0 Å². The lowest BCUT2D eigenvalue weighted by Gasteiger charge is -2.01. The molecule has 8 heteroatoms. The van der Waals surface area contributed by atoms with Gasteiger partial charge in [-0.1, -0.05) is 17.3 Å². The quantitative estimate of drug-likeness (QED) is 0.815. The molecule has 1 heterocycles. The van der Waals surface area contributed by atoms with E-state index in [9.17, 15) is 22.4 Å². The van der Waals surface area contributed by atoms with E-state index in [0.717, 1.165) is 6.07 Å². The van der Waals surface area contributed by atoms with E-state index < -0.39 is 30.1 Å². The second kappa shape index (κ2) is 5.03. The number of hydrogen-bond acceptors (Lipinski definition) is 4. The summed E-state index contributed by atoms with van der Waals surface area (Å²) in [6.07, 6.45) is -5.99. The Hall–Kier alpha value is -2.25. The van der Waals surface area contributed by atoms with E-state index in [1.807, 2.05) is 0 Å². The first-order valence-corrected chi connectivity index (χ1v) is 5.46. The van der Waals surface area contributed by atoms with Crippen LogP contribution in [-0.2, 0) is 11.2 Å². The predicted molar refractivity (Wildman–Crippen MR) is 59.2 cm³/mol. The van der Waals surface area contributed by atoms with E-state index >= 15 is 0 Å². The number of benzene rings is 1. The van der Waals surface area contributed by atoms with Gasteiger partial charge in [0, 0.05) is 5.56 Å². The third kappa shape index (κ3) is 3.01. The summed E-state index contributed by atoms with van der Waals surface area (Å²) in [7, 11) is 0. The van der Waals surface area contributed by atoms with Crippen molar-refractivity contribution in [3.05, 3.63) is 35.5 Å². The van der Waals surface area contributed by atoms with Gasteiger partial charge >= 0.3 is 6.18 Å². The molecule has 1 aromatic carbocycles. The van der Waals surface area contributed by atoms with Gasteiger partial charge in [-0.3, -0.25) is 4.79 Å². The molecule has 20 heavy (non-hydrogen) atoms. The lowest BCUT2D eigenvalue weighted by atomic mass is 10.1. The molecule has 0 unspecified atom stereocenters. The Labute approximate surface area is 110 Å². The van der Waals surface area contributed by atoms with E-state index in [1.54, 1.807) is 6.92 Å². The maximum atomic E-state index is 13.3. The van der Waals surface area contributed by atoms with Crippen molar-refractivity contribution in [1.82, 2.24) is 10.1 Å². The molecule has 0 bridgehead atoms. The van der Waals surface area contributed by atoms with Crippen molar-refractivity contribution in [2.24, 2.45) is 0 Å². The number of ketones is 1. The first-order chi connectivity index (χ1) is 9.27. The minimum Gasteiger partial charge on any atom is -0.338 e. The Balaban J connectivity index is 2.21. The first-order valence-electron chi connectivity index (χ1n) is 5.46. The predicted octanol–water partition coefficient (Wildman–Crippen LogP) is 2.86. The van der Waals surface area contributed by atoms with E-state index in [-0.39, 0.29) is 11.4 Å². The van der Waals surface area contributed by atoms with Crippen LogP contribution in [0.25, 0.3) is 11.4 Å². The second-order valence-corrected chi connectivity index (χ2v) is 4.07. The topological polar surface area (TPSA) is 56.0 Å². The Bertz CT molecular complexity index is 649. The van der Waals surface area contributed by atoms with Crippen LogP contribution in [0.3, 0.4) is 0 Å². The van der Waals surface area contributed by atoms with Crippen LogP contribution in [0.4, 0.5) is 17.6 Å². The van der Waals surface area contributed by atoms with Crippen LogP contribution in [0.1, 0.15) is 11.5 Å². The van der Waals surface area contributed by atoms with Gasteiger partial charge in [0.2, 0.25) is 17.5 Å². The Kier molecular flexibility index (Phi) is 3.56. The van der Waals surface area contributed by atoms with Gasteiger partial charge in [-0.05, 0) is 18.6 Å². The van der Waals surface area contributed by atoms with Gasteiger partial charge in [-0.25, -0.2) is 4.39 Å². The monoisotopic (exact) mass is 288 g/mol. The molecule has 106 valence electrons. The van der Waals surface area contributed by atoms with Crippen LogP contribution in [0.5, 0.6) is 0 Å². The average Bonchev–Trinajstić information content (AvgIpc) is 2.80. The molecule has 1 aromatic heterocycles. The molecule has 0 aliphatic heterocycles. The van der Waals surface area contributed by atoms with Crippen LogP contribution >= 0.6 is 0 Å². The summed E-state index contributed by atoms with van der Waals surface area (Å²) in [5, 5.41) is 3.42. The number of carbonyl (C=O) groups is 1. The number of carbonyl (C=O) groups excluding carboxylic acids is 1. The molecule has 2 rings (SSSR count). The summed E-state index contributed by atoms with van der Waals surface area (Å²) >= 11 is 0. The van der Waals surface area contributed by atoms with Crippen molar-refractivity contribution in [3.8, 4) is 11.4 Å². The van der Waals surface area contributed by atoms with Crippen molar-refractivity contribution in [1.29, 1.82) is 0 Å². The molecule has 0 saturated carbocycles. The largest absolute Gasteiger partial charge is 0.450 e. The molecule has 0 aliphatic rings. The maximum Gasteiger partial charge on any atom is 0.450 e. The van der Waals surface area contributed by atoms with Gasteiger partial charge in [0.1, 0.15) is 5.82 Å². The summed E-state index contributed by atoms with van der Waals surface area (Å²) < 4.78 is 54.1. The van der Waals surface area contributed by atoms with E-state index in [1.165, 1.54) is 12.1 Å². The van der Waals surface area contributed by atoms with Gasteiger partial charge < -0.3 is 4.52 Å². The summed E-state index contributed by atoms with van der Waals surface area (Å²) in [6, 6.07) is 4.11. The SMILES string of the molecule is Cc1ccc(-c2noc(CC(=O)C(F)(F)F)n2)cc1F. The molecule has 0 aliphatic carbocycles. The van der Waals surface area contributed by atoms with Crippen molar-refractivity contribution in [2.45, 2.75) is 19.5 Å². The van der Waals surface area contributed by atoms with Crippen molar-refractivity contribution < 1.29 is 26.9 Å². The number of nitrogens with zero attached hydrogens (tertiary/aromatic N) is 2. The summed E-state index contributed by atoms with van der Waals surface area (Å²) in [4.78, 5) is 14.4. The number of alkyl halides is 3. The van der Waals surface area contributed by atoms with E-state index in [4.69, 9.17) is 0 Å². The number of Topliss-reactive ketones (excluding diaryl/α,β-unsaturated/α-hetero) is 1. The minimum atomic E-state index is -4.95. The highest BCUT2D eigenvalue weighted by Crippen LogP contribution is 2.21. The Morgan fingerprint density at radius 1 is 1.35 bits per heavy atom. The number of halogens is 4. The molecule has 2 aromatic rings. The van der Waals surface area contributed by atoms with Crippen LogP contribution in [-0.4, -0.2) is 22.1 Å². The average molecular weight is 288 g/mol. The molecule has 4 nitrogen and oxygen atoms in total. The summed E-state index contributed by atoms with van der Waals surface area (Å²) in [5.74, 6) is -3.03. The second-order valence-electron chi connectivity index (χ2n) is 4.07. The third-order valence-corrected chi connectivity index (χ3v) is 2.53. The molecule has 0 amide bonds. The van der Waals surface area contributed by atoms with Gasteiger partial charge in [0.05, 0.1) is 6.42 Å². The van der Waals surface area contributed by atoms with Gasteiger partial charge in [-0.15, -0.1) is 0 Å². The highest BCUT2D eigenvalue weighted by molar-refractivity contribution is 5.85. The molecular weight excluding hydrogens is 280 g/mol. The number of aromatic nitrogens is 2. The van der Waals surface area contributed by atoms with Gasteiger partial charge in [0.15, 0.2) is 0 Å². The zero-order valence-corrected chi connectivity index (χ0v) is 10.2. The fourth-order valence-electron chi connectivity index (χ4n) is 1.41. The Morgan fingerprint density at radius 3 is 2.65 bits per heavy atom.